The summed E-state index contributed by atoms with van der Waals surface area (Å²) in [4.78, 5) is 10.9. The first kappa shape index (κ1) is 13.2. The lowest BCUT2D eigenvalue weighted by Gasteiger charge is -2.07. The molecule has 1 heterocycles. The summed E-state index contributed by atoms with van der Waals surface area (Å²) in [6.45, 7) is 1.90. The molecule has 4 heteroatoms. The maximum absolute atomic E-state index is 10.9. The van der Waals surface area contributed by atoms with E-state index in [0.717, 1.165) is 16.5 Å². The van der Waals surface area contributed by atoms with Crippen molar-refractivity contribution in [2.45, 2.75) is 13.5 Å². The molecule has 1 N–H and O–H groups in total. The Labute approximate surface area is 121 Å². The second kappa shape index (κ2) is 5.32. The summed E-state index contributed by atoms with van der Waals surface area (Å²) in [6, 6.07) is 15.4. The zero-order valence-electron chi connectivity index (χ0n) is 11.5. The quantitative estimate of drug-likeness (QED) is 0.785. The Kier molecular flexibility index (Phi) is 3.36. The molecular weight excluding hydrogens is 268 g/mol. The van der Waals surface area contributed by atoms with Gasteiger partial charge in [0.05, 0.1) is 0 Å². The van der Waals surface area contributed by atoms with Gasteiger partial charge in [-0.1, -0.05) is 36.4 Å². The lowest BCUT2D eigenvalue weighted by atomic mass is 10.1. The van der Waals surface area contributed by atoms with Gasteiger partial charge in [0.25, 0.3) is 0 Å². The number of carboxylic acids is 1. The van der Waals surface area contributed by atoms with Crippen molar-refractivity contribution < 1.29 is 19.1 Å². The molecule has 3 aromatic rings. The second-order valence-corrected chi connectivity index (χ2v) is 4.80. The van der Waals surface area contributed by atoms with Crippen LogP contribution in [0.3, 0.4) is 0 Å². The summed E-state index contributed by atoms with van der Waals surface area (Å²) in [6.07, 6.45) is 0. The predicted molar refractivity (Wildman–Crippen MR) is 78.7 cm³/mol. The Morgan fingerprint density at radius 1 is 1.19 bits per heavy atom. The number of furan rings is 1. The van der Waals surface area contributed by atoms with Crippen LogP contribution < -0.4 is 4.74 Å². The zero-order valence-corrected chi connectivity index (χ0v) is 11.5. The van der Waals surface area contributed by atoms with Gasteiger partial charge in [-0.3, -0.25) is 0 Å². The van der Waals surface area contributed by atoms with Crippen LogP contribution in [0.5, 0.6) is 5.75 Å². The molecule has 0 unspecified atom stereocenters. The van der Waals surface area contributed by atoms with Crippen molar-refractivity contribution in [1.29, 1.82) is 0 Å². The third-order valence-electron chi connectivity index (χ3n) is 3.28. The van der Waals surface area contributed by atoms with E-state index in [9.17, 15) is 4.79 Å². The number of ether oxygens (including phenoxy) is 1. The van der Waals surface area contributed by atoms with Gasteiger partial charge in [-0.2, -0.15) is 0 Å². The van der Waals surface area contributed by atoms with Gasteiger partial charge in [0.1, 0.15) is 18.1 Å². The van der Waals surface area contributed by atoms with Gasteiger partial charge < -0.3 is 14.3 Å². The Balaban J connectivity index is 1.84. The van der Waals surface area contributed by atoms with E-state index < -0.39 is 5.97 Å². The highest BCUT2D eigenvalue weighted by atomic mass is 16.5. The number of rotatable bonds is 4. The fourth-order valence-electron chi connectivity index (χ4n) is 2.30. The molecule has 21 heavy (non-hydrogen) atoms. The zero-order chi connectivity index (χ0) is 14.8. The highest BCUT2D eigenvalue weighted by Gasteiger charge is 2.14. The number of aryl methyl sites for hydroxylation is 1. The molecular formula is C17H14O4. The summed E-state index contributed by atoms with van der Waals surface area (Å²) >= 11 is 0. The van der Waals surface area contributed by atoms with Crippen LogP contribution in [-0.2, 0) is 6.61 Å². The summed E-state index contributed by atoms with van der Waals surface area (Å²) in [5, 5.41) is 11.1. The van der Waals surface area contributed by atoms with E-state index in [4.69, 9.17) is 14.3 Å². The third-order valence-corrected chi connectivity index (χ3v) is 3.28. The van der Waals surface area contributed by atoms with Crippen LogP contribution in [0.4, 0.5) is 0 Å². The van der Waals surface area contributed by atoms with Gasteiger partial charge >= 0.3 is 5.97 Å². The number of fused-ring (bicyclic) bond motifs is 1. The van der Waals surface area contributed by atoms with Crippen molar-refractivity contribution in [2.24, 2.45) is 0 Å². The average molecular weight is 282 g/mol. The van der Waals surface area contributed by atoms with E-state index in [2.05, 4.69) is 0 Å². The minimum absolute atomic E-state index is 0.0356. The summed E-state index contributed by atoms with van der Waals surface area (Å²) in [5.74, 6) is 0.146. The molecule has 1 aromatic heterocycles. The maximum atomic E-state index is 10.9. The number of carbonyl (C=O) groups is 1. The fraction of sp³-hybridized carbons (Fsp3) is 0.118. The molecule has 0 spiro atoms. The minimum Gasteiger partial charge on any atom is -0.485 e. The highest BCUT2D eigenvalue weighted by molar-refractivity contribution is 5.88. The highest BCUT2D eigenvalue weighted by Crippen LogP contribution is 2.26. The Morgan fingerprint density at radius 3 is 2.71 bits per heavy atom. The molecule has 0 bridgehead atoms. The van der Waals surface area contributed by atoms with Crippen LogP contribution in [0.1, 0.15) is 21.9 Å². The topological polar surface area (TPSA) is 59.7 Å². The lowest BCUT2D eigenvalue weighted by Crippen LogP contribution is -1.96. The van der Waals surface area contributed by atoms with Gasteiger partial charge in [-0.15, -0.1) is 0 Å². The summed E-state index contributed by atoms with van der Waals surface area (Å²) in [5.41, 5.74) is 0.596. The van der Waals surface area contributed by atoms with Crippen molar-refractivity contribution in [1.82, 2.24) is 0 Å². The van der Waals surface area contributed by atoms with Crippen LogP contribution in [0, 0.1) is 6.92 Å². The summed E-state index contributed by atoms with van der Waals surface area (Å²) in [7, 11) is 0. The molecule has 2 aromatic carbocycles. The monoisotopic (exact) mass is 282 g/mol. The predicted octanol–water partition coefficient (Wildman–Crippen LogP) is 4.02. The van der Waals surface area contributed by atoms with Crippen molar-refractivity contribution in [3.63, 3.8) is 0 Å². The maximum Gasteiger partial charge on any atom is 0.372 e. The molecule has 106 valence electrons. The van der Waals surface area contributed by atoms with E-state index in [1.165, 1.54) is 0 Å². The van der Waals surface area contributed by atoms with E-state index in [-0.39, 0.29) is 12.4 Å². The molecule has 3 rings (SSSR count). The van der Waals surface area contributed by atoms with Gasteiger partial charge in [-0.05, 0) is 24.4 Å². The Morgan fingerprint density at radius 2 is 1.95 bits per heavy atom. The molecule has 0 saturated carbocycles. The number of hydrogen-bond acceptors (Lipinski definition) is 3. The minimum atomic E-state index is -1.07. The fourth-order valence-corrected chi connectivity index (χ4v) is 2.30. The van der Waals surface area contributed by atoms with Crippen LogP contribution in [0.25, 0.3) is 10.8 Å². The molecule has 0 radical (unpaired) electrons. The largest absolute Gasteiger partial charge is 0.485 e. The Bertz CT molecular complexity index is 796. The first-order valence-corrected chi connectivity index (χ1v) is 6.58. The normalized spacial score (nSPS) is 10.7. The van der Waals surface area contributed by atoms with E-state index in [1.807, 2.05) is 42.5 Å². The van der Waals surface area contributed by atoms with Crippen molar-refractivity contribution >= 4 is 16.7 Å². The van der Waals surface area contributed by atoms with E-state index in [0.29, 0.717) is 11.3 Å². The molecule has 4 nitrogen and oxygen atoms in total. The third kappa shape index (κ3) is 2.60. The smallest absolute Gasteiger partial charge is 0.372 e. The van der Waals surface area contributed by atoms with Gasteiger partial charge in [-0.25, -0.2) is 4.79 Å². The van der Waals surface area contributed by atoms with E-state index >= 15 is 0 Å². The SMILES string of the molecule is Cc1cc(COc2cccc3ccccc23)oc1C(=O)O. The first-order chi connectivity index (χ1) is 10.1. The second-order valence-electron chi connectivity index (χ2n) is 4.80. The Hall–Kier alpha value is -2.75. The average Bonchev–Trinajstić information content (AvgIpc) is 2.86. The van der Waals surface area contributed by atoms with E-state index in [1.54, 1.807) is 13.0 Å². The van der Waals surface area contributed by atoms with Crippen LogP contribution in [0.2, 0.25) is 0 Å². The first-order valence-electron chi connectivity index (χ1n) is 6.58. The van der Waals surface area contributed by atoms with Crippen LogP contribution >= 0.6 is 0 Å². The van der Waals surface area contributed by atoms with Crippen molar-refractivity contribution in [2.75, 3.05) is 0 Å². The number of hydrogen-bond donors (Lipinski definition) is 1. The number of aromatic carboxylic acids is 1. The lowest BCUT2D eigenvalue weighted by molar-refractivity contribution is 0.0657. The van der Waals surface area contributed by atoms with Gasteiger partial charge in [0, 0.05) is 10.9 Å². The molecule has 0 aliphatic rings. The van der Waals surface area contributed by atoms with Crippen LogP contribution in [-0.4, -0.2) is 11.1 Å². The molecule has 0 amide bonds. The van der Waals surface area contributed by atoms with Crippen molar-refractivity contribution in [3.8, 4) is 5.75 Å². The van der Waals surface area contributed by atoms with Crippen LogP contribution in [0.15, 0.2) is 52.9 Å². The molecule has 0 saturated heterocycles. The summed E-state index contributed by atoms with van der Waals surface area (Å²) < 4.78 is 11.1. The number of benzene rings is 2. The van der Waals surface area contributed by atoms with Gasteiger partial charge in [0.15, 0.2) is 0 Å². The van der Waals surface area contributed by atoms with Crippen molar-refractivity contribution in [3.05, 3.63) is 65.6 Å². The molecule has 0 atom stereocenters. The molecule has 0 aliphatic carbocycles. The van der Waals surface area contributed by atoms with Gasteiger partial charge in [0.2, 0.25) is 5.76 Å². The standard InChI is InChI=1S/C17H14O4/c1-11-9-13(21-16(11)17(18)19)10-20-15-8-4-6-12-5-2-3-7-14(12)15/h2-9H,10H2,1H3,(H,18,19). The molecule has 0 aliphatic heterocycles. The number of carboxylic acid groups (broad SMARTS) is 1. The molecule has 0 fully saturated rings.